The zero-order valence-corrected chi connectivity index (χ0v) is 14.0. The summed E-state index contributed by atoms with van der Waals surface area (Å²) in [5.41, 5.74) is 0. The lowest BCUT2D eigenvalue weighted by molar-refractivity contribution is 0.280. The zero-order chi connectivity index (χ0) is 14.2. The van der Waals surface area contributed by atoms with Gasteiger partial charge in [-0.05, 0) is 49.9 Å². The summed E-state index contributed by atoms with van der Waals surface area (Å²) in [4.78, 5) is 0. The molecule has 0 heterocycles. The molecule has 1 atom stereocenters. The Morgan fingerprint density at radius 1 is 1.15 bits per heavy atom. The van der Waals surface area contributed by atoms with Crippen LogP contribution >= 0.6 is 15.9 Å². The molecule has 1 aliphatic carbocycles. The summed E-state index contributed by atoms with van der Waals surface area (Å²) < 4.78 is 6.83. The first-order valence-electron chi connectivity index (χ1n) is 7.87. The van der Waals surface area contributed by atoms with Crippen molar-refractivity contribution in [2.24, 2.45) is 5.92 Å². The number of nitrogens with one attached hydrogen (secondary N) is 1. The van der Waals surface area contributed by atoms with Gasteiger partial charge in [0.2, 0.25) is 0 Å². The van der Waals surface area contributed by atoms with Crippen molar-refractivity contribution >= 4 is 15.9 Å². The Kier molecular flexibility index (Phi) is 6.88. The van der Waals surface area contributed by atoms with Crippen molar-refractivity contribution in [3.8, 4) is 5.75 Å². The van der Waals surface area contributed by atoms with Crippen LogP contribution in [0.15, 0.2) is 28.7 Å². The highest BCUT2D eigenvalue weighted by Crippen LogP contribution is 2.25. The van der Waals surface area contributed by atoms with Crippen LogP contribution in [0.2, 0.25) is 0 Å². The van der Waals surface area contributed by atoms with E-state index in [0.717, 1.165) is 29.3 Å². The van der Waals surface area contributed by atoms with E-state index in [1.807, 2.05) is 24.3 Å². The first-order chi connectivity index (χ1) is 9.75. The van der Waals surface area contributed by atoms with Crippen LogP contribution < -0.4 is 10.1 Å². The van der Waals surface area contributed by atoms with Gasteiger partial charge >= 0.3 is 0 Å². The third-order valence-electron chi connectivity index (χ3n) is 4.26. The van der Waals surface area contributed by atoms with Crippen LogP contribution in [0.3, 0.4) is 0 Å². The molecule has 0 aliphatic heterocycles. The number of hydrogen-bond donors (Lipinski definition) is 1. The first kappa shape index (κ1) is 15.8. The average molecular weight is 340 g/mol. The van der Waals surface area contributed by atoms with Crippen LogP contribution in [-0.4, -0.2) is 19.2 Å². The van der Waals surface area contributed by atoms with E-state index >= 15 is 0 Å². The van der Waals surface area contributed by atoms with Crippen LogP contribution in [-0.2, 0) is 0 Å². The van der Waals surface area contributed by atoms with E-state index in [2.05, 4.69) is 28.2 Å². The topological polar surface area (TPSA) is 21.3 Å². The number of halogens is 1. The molecule has 0 aromatic heterocycles. The summed E-state index contributed by atoms with van der Waals surface area (Å²) in [7, 11) is 0. The highest BCUT2D eigenvalue weighted by Gasteiger charge is 2.18. The average Bonchev–Trinajstić information content (AvgIpc) is 2.74. The maximum Gasteiger partial charge on any atom is 0.119 e. The number of benzene rings is 1. The van der Waals surface area contributed by atoms with E-state index in [0.29, 0.717) is 6.04 Å². The lowest BCUT2D eigenvalue weighted by Crippen LogP contribution is -2.36. The summed E-state index contributed by atoms with van der Waals surface area (Å²) >= 11 is 3.43. The Morgan fingerprint density at radius 2 is 1.80 bits per heavy atom. The molecule has 2 rings (SSSR count). The third-order valence-corrected chi connectivity index (χ3v) is 4.79. The Bertz CT molecular complexity index is 371. The molecule has 0 radical (unpaired) electrons. The molecule has 1 aromatic rings. The van der Waals surface area contributed by atoms with Crippen molar-refractivity contribution in [3.63, 3.8) is 0 Å². The van der Waals surface area contributed by atoms with Gasteiger partial charge in [-0.1, -0.05) is 41.6 Å². The van der Waals surface area contributed by atoms with Crippen molar-refractivity contribution in [3.05, 3.63) is 28.7 Å². The maximum atomic E-state index is 5.74. The summed E-state index contributed by atoms with van der Waals surface area (Å²) in [6, 6.07) is 8.63. The van der Waals surface area contributed by atoms with E-state index in [4.69, 9.17) is 4.74 Å². The Morgan fingerprint density at radius 3 is 2.45 bits per heavy atom. The van der Waals surface area contributed by atoms with Gasteiger partial charge in [-0.2, -0.15) is 0 Å². The molecular formula is C17H26BrNO. The maximum absolute atomic E-state index is 5.74. The first-order valence-corrected chi connectivity index (χ1v) is 8.67. The molecule has 0 spiro atoms. The SMILES string of the molecule is C[C@@H](NCCOc1ccc(Br)cc1)C1CCCCCC1. The standard InChI is InChI=1S/C17H26BrNO/c1-14(15-6-4-2-3-5-7-15)19-12-13-20-17-10-8-16(18)9-11-17/h8-11,14-15,19H,2-7,12-13H2,1H3/t14-/m1/s1. The zero-order valence-electron chi connectivity index (χ0n) is 12.4. The Balaban J connectivity index is 1.63. The molecule has 3 heteroatoms. The van der Waals surface area contributed by atoms with E-state index in [1.54, 1.807) is 0 Å². The van der Waals surface area contributed by atoms with Gasteiger partial charge in [0.15, 0.2) is 0 Å². The molecule has 0 bridgehead atoms. The third kappa shape index (κ3) is 5.45. The van der Waals surface area contributed by atoms with E-state index in [-0.39, 0.29) is 0 Å². The summed E-state index contributed by atoms with van der Waals surface area (Å²) in [5, 5.41) is 3.63. The van der Waals surface area contributed by atoms with E-state index < -0.39 is 0 Å². The van der Waals surface area contributed by atoms with Gasteiger partial charge in [-0.25, -0.2) is 0 Å². The fourth-order valence-electron chi connectivity index (χ4n) is 2.96. The predicted octanol–water partition coefficient (Wildman–Crippen LogP) is 4.78. The molecule has 1 aliphatic rings. The molecule has 0 saturated heterocycles. The highest BCUT2D eigenvalue weighted by molar-refractivity contribution is 9.10. The van der Waals surface area contributed by atoms with Crippen LogP contribution in [0.4, 0.5) is 0 Å². The predicted molar refractivity (Wildman–Crippen MR) is 88.3 cm³/mol. The minimum atomic E-state index is 0.613. The fourth-order valence-corrected chi connectivity index (χ4v) is 3.23. The molecule has 1 aromatic carbocycles. The molecule has 112 valence electrons. The molecule has 2 nitrogen and oxygen atoms in total. The van der Waals surface area contributed by atoms with Gasteiger partial charge in [-0.15, -0.1) is 0 Å². The van der Waals surface area contributed by atoms with Gasteiger partial charge in [0.05, 0.1) is 0 Å². The van der Waals surface area contributed by atoms with Crippen molar-refractivity contribution in [1.29, 1.82) is 0 Å². The second-order valence-corrected chi connectivity index (χ2v) is 6.71. The van der Waals surface area contributed by atoms with Gasteiger partial charge in [0.25, 0.3) is 0 Å². The number of rotatable bonds is 6. The normalized spacial score (nSPS) is 18.5. The molecule has 1 saturated carbocycles. The largest absolute Gasteiger partial charge is 0.492 e. The summed E-state index contributed by atoms with van der Waals surface area (Å²) in [6.07, 6.45) is 8.45. The van der Waals surface area contributed by atoms with Crippen molar-refractivity contribution in [1.82, 2.24) is 5.32 Å². The smallest absolute Gasteiger partial charge is 0.119 e. The van der Waals surface area contributed by atoms with Crippen molar-refractivity contribution in [2.75, 3.05) is 13.2 Å². The van der Waals surface area contributed by atoms with Crippen LogP contribution in [0.5, 0.6) is 5.75 Å². The Labute approximate surface area is 131 Å². The van der Waals surface area contributed by atoms with E-state index in [9.17, 15) is 0 Å². The van der Waals surface area contributed by atoms with Gasteiger partial charge in [0, 0.05) is 17.1 Å². The van der Waals surface area contributed by atoms with Crippen molar-refractivity contribution in [2.45, 2.75) is 51.5 Å². The minimum Gasteiger partial charge on any atom is -0.492 e. The Hall–Kier alpha value is -0.540. The number of ether oxygens (including phenoxy) is 1. The highest BCUT2D eigenvalue weighted by atomic mass is 79.9. The second-order valence-electron chi connectivity index (χ2n) is 5.80. The van der Waals surface area contributed by atoms with Crippen LogP contribution in [0.1, 0.15) is 45.4 Å². The van der Waals surface area contributed by atoms with Gasteiger partial charge in [0.1, 0.15) is 12.4 Å². The molecular weight excluding hydrogens is 314 g/mol. The molecule has 0 amide bonds. The molecule has 0 unspecified atom stereocenters. The minimum absolute atomic E-state index is 0.613. The fraction of sp³-hybridized carbons (Fsp3) is 0.647. The lowest BCUT2D eigenvalue weighted by Gasteiger charge is -2.23. The lowest BCUT2D eigenvalue weighted by atomic mass is 9.93. The monoisotopic (exact) mass is 339 g/mol. The van der Waals surface area contributed by atoms with Gasteiger partial charge in [-0.3, -0.25) is 0 Å². The second kappa shape index (κ2) is 8.68. The van der Waals surface area contributed by atoms with Crippen LogP contribution in [0, 0.1) is 5.92 Å². The summed E-state index contributed by atoms with van der Waals surface area (Å²) in [5.74, 6) is 1.79. The van der Waals surface area contributed by atoms with Crippen molar-refractivity contribution < 1.29 is 4.74 Å². The van der Waals surface area contributed by atoms with Crippen LogP contribution in [0.25, 0.3) is 0 Å². The van der Waals surface area contributed by atoms with Gasteiger partial charge < -0.3 is 10.1 Å². The molecule has 20 heavy (non-hydrogen) atoms. The number of hydrogen-bond acceptors (Lipinski definition) is 2. The quantitative estimate of drug-likeness (QED) is 0.595. The molecule has 1 fully saturated rings. The van der Waals surface area contributed by atoms with E-state index in [1.165, 1.54) is 38.5 Å². The summed E-state index contributed by atoms with van der Waals surface area (Å²) in [6.45, 7) is 3.99. The molecule has 1 N–H and O–H groups in total.